The molecule has 1 aromatic heterocycles. The van der Waals surface area contributed by atoms with E-state index in [1.54, 1.807) is 11.0 Å². The summed E-state index contributed by atoms with van der Waals surface area (Å²) in [6.07, 6.45) is 3.79. The first-order valence-corrected chi connectivity index (χ1v) is 13.0. The number of hydrogen-bond donors (Lipinski definition) is 0. The lowest BCUT2D eigenvalue weighted by Crippen LogP contribution is -2.46. The molecule has 0 radical (unpaired) electrons. The van der Waals surface area contributed by atoms with Gasteiger partial charge < -0.3 is 14.2 Å². The fourth-order valence-corrected chi connectivity index (χ4v) is 5.71. The summed E-state index contributed by atoms with van der Waals surface area (Å²) in [4.78, 5) is 41.4. The minimum Gasteiger partial charge on any atom is -0.378 e. The summed E-state index contributed by atoms with van der Waals surface area (Å²) < 4.78 is 7.45. The summed E-state index contributed by atoms with van der Waals surface area (Å²) in [5.41, 5.74) is 3.08. The molecule has 7 nitrogen and oxygen atoms in total. The molecule has 0 bridgehead atoms. The molecule has 186 valence electrons. The number of rotatable bonds is 5. The molecule has 8 heteroatoms. The molecule has 6 rings (SSSR count). The lowest BCUT2D eigenvalue weighted by Gasteiger charge is -2.28. The van der Waals surface area contributed by atoms with Gasteiger partial charge in [-0.05, 0) is 46.3 Å². The predicted octanol–water partition coefficient (Wildman–Crippen LogP) is 4.74. The monoisotopic (exact) mass is 511 g/mol. The zero-order chi connectivity index (χ0) is 25.4. The van der Waals surface area contributed by atoms with Crippen molar-refractivity contribution in [1.82, 2.24) is 14.4 Å². The number of carbonyl (C=O) groups excluding carboxylic acids is 3. The molecule has 2 saturated heterocycles. The Hall–Kier alpha value is -3.88. The molecule has 0 aliphatic carbocycles. The maximum atomic E-state index is 13.1. The van der Waals surface area contributed by atoms with E-state index in [1.807, 2.05) is 36.5 Å². The minimum atomic E-state index is -0.428. The van der Waals surface area contributed by atoms with Crippen molar-refractivity contribution < 1.29 is 19.1 Å². The van der Waals surface area contributed by atoms with Crippen LogP contribution < -0.4 is 0 Å². The zero-order valence-electron chi connectivity index (χ0n) is 20.1. The third-order valence-electron chi connectivity index (χ3n) is 6.80. The van der Waals surface area contributed by atoms with Gasteiger partial charge in [-0.25, -0.2) is 0 Å². The highest BCUT2D eigenvalue weighted by molar-refractivity contribution is 8.18. The first-order chi connectivity index (χ1) is 18.1. The third kappa shape index (κ3) is 4.65. The van der Waals surface area contributed by atoms with Gasteiger partial charge in [0.2, 0.25) is 5.91 Å². The number of fused-ring (bicyclic) bond motifs is 2. The molecule has 3 aromatic carbocycles. The topological polar surface area (TPSA) is 71.9 Å². The van der Waals surface area contributed by atoms with Gasteiger partial charge in [0, 0.05) is 42.3 Å². The Morgan fingerprint density at radius 1 is 0.946 bits per heavy atom. The molecular weight excluding hydrogens is 486 g/mol. The second kappa shape index (κ2) is 9.88. The molecule has 0 unspecified atom stereocenters. The van der Waals surface area contributed by atoms with Crippen LogP contribution in [-0.4, -0.2) is 64.3 Å². The molecule has 3 heterocycles. The van der Waals surface area contributed by atoms with Crippen molar-refractivity contribution in [1.29, 1.82) is 0 Å². The van der Waals surface area contributed by atoms with Crippen molar-refractivity contribution >= 4 is 56.6 Å². The average Bonchev–Trinajstić information content (AvgIpc) is 3.40. The van der Waals surface area contributed by atoms with Gasteiger partial charge in [-0.3, -0.25) is 19.3 Å². The van der Waals surface area contributed by atoms with Gasteiger partial charge in [0.15, 0.2) is 0 Å². The van der Waals surface area contributed by atoms with Crippen molar-refractivity contribution in [2.45, 2.75) is 6.54 Å². The Morgan fingerprint density at radius 2 is 1.70 bits per heavy atom. The van der Waals surface area contributed by atoms with E-state index >= 15 is 0 Å². The zero-order valence-corrected chi connectivity index (χ0v) is 20.9. The molecule has 3 amide bonds. The third-order valence-corrected chi connectivity index (χ3v) is 7.71. The summed E-state index contributed by atoms with van der Waals surface area (Å²) in [7, 11) is 0. The van der Waals surface area contributed by atoms with Crippen LogP contribution in [-0.2, 0) is 20.9 Å². The SMILES string of the molecule is O=C(CN1C(=O)S/C(=C\c2cn(Cc3ccc4ccccc4c3)c3ccccc23)C1=O)N1CCOCC1. The standard InChI is InChI=1S/C29H25N3O4S/c33-27(30-11-13-36-14-12-30)19-32-28(34)26(37-29(32)35)16-23-18-31(25-8-4-3-7-24(23)25)17-20-9-10-21-5-1-2-6-22(21)15-20/h1-10,15-16,18H,11-14,17,19H2/b26-16-. The molecule has 0 spiro atoms. The number of ether oxygens (including phenoxy) is 1. The number of imide groups is 1. The smallest absolute Gasteiger partial charge is 0.294 e. The Labute approximate surface area is 218 Å². The molecular formula is C29H25N3O4S. The Kier molecular flexibility index (Phi) is 6.28. The number of aromatic nitrogens is 1. The van der Waals surface area contributed by atoms with E-state index in [0.29, 0.717) is 37.8 Å². The highest BCUT2D eigenvalue weighted by Gasteiger charge is 2.37. The lowest BCUT2D eigenvalue weighted by molar-refractivity contribution is -0.139. The first kappa shape index (κ1) is 23.5. The van der Waals surface area contributed by atoms with E-state index in [4.69, 9.17) is 4.74 Å². The van der Waals surface area contributed by atoms with Crippen LogP contribution in [0.2, 0.25) is 0 Å². The number of para-hydroxylation sites is 1. The quantitative estimate of drug-likeness (QED) is 0.362. The molecule has 4 aromatic rings. The van der Waals surface area contributed by atoms with Crippen molar-refractivity contribution in [3.8, 4) is 0 Å². The van der Waals surface area contributed by atoms with Crippen molar-refractivity contribution in [2.24, 2.45) is 0 Å². The normalized spacial score (nSPS) is 17.5. The van der Waals surface area contributed by atoms with E-state index in [1.165, 1.54) is 16.3 Å². The van der Waals surface area contributed by atoms with E-state index in [9.17, 15) is 14.4 Å². The molecule has 0 atom stereocenters. The van der Waals surface area contributed by atoms with Gasteiger partial charge in [0.25, 0.3) is 11.1 Å². The maximum absolute atomic E-state index is 13.1. The molecule has 2 aliphatic rings. The van der Waals surface area contributed by atoms with Crippen LogP contribution in [0.25, 0.3) is 27.8 Å². The van der Waals surface area contributed by atoms with Crippen LogP contribution in [0.5, 0.6) is 0 Å². The van der Waals surface area contributed by atoms with Gasteiger partial charge in [-0.1, -0.05) is 54.6 Å². The number of nitrogens with zero attached hydrogens (tertiary/aromatic N) is 3. The summed E-state index contributed by atoms with van der Waals surface area (Å²) in [6, 6.07) is 22.8. The number of amides is 3. The lowest BCUT2D eigenvalue weighted by atomic mass is 10.1. The van der Waals surface area contributed by atoms with Crippen LogP contribution in [0.3, 0.4) is 0 Å². The van der Waals surface area contributed by atoms with Crippen LogP contribution in [0.15, 0.2) is 77.8 Å². The molecule has 37 heavy (non-hydrogen) atoms. The molecule has 2 fully saturated rings. The van der Waals surface area contributed by atoms with Crippen LogP contribution in [0.1, 0.15) is 11.1 Å². The van der Waals surface area contributed by atoms with Gasteiger partial charge in [0.1, 0.15) is 6.54 Å². The largest absolute Gasteiger partial charge is 0.378 e. The minimum absolute atomic E-state index is 0.237. The van der Waals surface area contributed by atoms with Crippen molar-refractivity contribution in [3.05, 3.63) is 89.0 Å². The first-order valence-electron chi connectivity index (χ1n) is 12.2. The van der Waals surface area contributed by atoms with E-state index in [0.717, 1.165) is 33.1 Å². The van der Waals surface area contributed by atoms with Crippen molar-refractivity contribution in [2.75, 3.05) is 32.8 Å². The number of thioether (sulfide) groups is 1. The number of hydrogen-bond acceptors (Lipinski definition) is 5. The highest BCUT2D eigenvalue weighted by Crippen LogP contribution is 2.34. The second-order valence-electron chi connectivity index (χ2n) is 9.17. The Morgan fingerprint density at radius 3 is 2.54 bits per heavy atom. The summed E-state index contributed by atoms with van der Waals surface area (Å²) >= 11 is 0.882. The summed E-state index contributed by atoms with van der Waals surface area (Å²) in [5, 5.41) is 2.97. The highest BCUT2D eigenvalue weighted by atomic mass is 32.2. The fraction of sp³-hybridized carbons (Fsp3) is 0.207. The average molecular weight is 512 g/mol. The van der Waals surface area contributed by atoms with E-state index in [-0.39, 0.29) is 12.5 Å². The number of benzene rings is 3. The Bertz CT molecular complexity index is 1570. The van der Waals surface area contributed by atoms with Gasteiger partial charge >= 0.3 is 0 Å². The Balaban J connectivity index is 1.27. The molecule has 0 N–H and O–H groups in total. The maximum Gasteiger partial charge on any atom is 0.294 e. The van der Waals surface area contributed by atoms with Crippen LogP contribution >= 0.6 is 11.8 Å². The molecule has 2 aliphatic heterocycles. The van der Waals surface area contributed by atoms with Crippen molar-refractivity contribution in [3.63, 3.8) is 0 Å². The van der Waals surface area contributed by atoms with Crippen LogP contribution in [0, 0.1) is 0 Å². The van der Waals surface area contributed by atoms with Gasteiger partial charge in [-0.15, -0.1) is 0 Å². The predicted molar refractivity (Wildman–Crippen MR) is 145 cm³/mol. The van der Waals surface area contributed by atoms with Gasteiger partial charge in [0.05, 0.1) is 18.1 Å². The summed E-state index contributed by atoms with van der Waals surface area (Å²) in [6.45, 7) is 2.32. The second-order valence-corrected chi connectivity index (χ2v) is 10.2. The summed E-state index contributed by atoms with van der Waals surface area (Å²) in [5.74, 6) is -0.665. The van der Waals surface area contributed by atoms with Crippen LogP contribution in [0.4, 0.5) is 4.79 Å². The van der Waals surface area contributed by atoms with E-state index < -0.39 is 11.1 Å². The molecule has 0 saturated carbocycles. The fourth-order valence-electron chi connectivity index (χ4n) is 4.88. The number of morpholine rings is 1. The van der Waals surface area contributed by atoms with E-state index in [2.05, 4.69) is 41.0 Å². The van der Waals surface area contributed by atoms with Gasteiger partial charge in [-0.2, -0.15) is 0 Å². The number of carbonyl (C=O) groups is 3.